The first-order valence-electron chi connectivity index (χ1n) is 6.83. The van der Waals surface area contributed by atoms with E-state index in [4.69, 9.17) is 0 Å². The molecule has 0 saturated heterocycles. The molecule has 0 aliphatic heterocycles. The smallest absolute Gasteiger partial charge is 0.0201 e. The van der Waals surface area contributed by atoms with Gasteiger partial charge in [-0.3, -0.25) is 0 Å². The van der Waals surface area contributed by atoms with Crippen LogP contribution in [-0.4, -0.2) is 18.3 Å². The molecule has 1 nitrogen and oxygen atoms in total. The van der Waals surface area contributed by atoms with Crippen molar-refractivity contribution < 1.29 is 0 Å². The zero-order valence-electron chi connectivity index (χ0n) is 11.4. The summed E-state index contributed by atoms with van der Waals surface area (Å²) in [5, 5.41) is 3.58. The molecule has 1 unspecified atom stereocenters. The molecule has 0 aliphatic carbocycles. The zero-order chi connectivity index (χ0) is 13.3. The van der Waals surface area contributed by atoms with E-state index in [1.165, 1.54) is 10.5 Å². The van der Waals surface area contributed by atoms with Crippen molar-refractivity contribution in [2.24, 2.45) is 0 Å². The van der Waals surface area contributed by atoms with Crippen molar-refractivity contribution in [1.29, 1.82) is 0 Å². The Morgan fingerprint density at radius 3 is 2.21 bits per heavy atom. The minimum atomic E-state index is 0.526. The SMILES string of the molecule is CCNC(CSc1ccccc1)Cc1ccccc1. The number of thioether (sulfide) groups is 1. The lowest BCUT2D eigenvalue weighted by atomic mass is 10.1. The van der Waals surface area contributed by atoms with E-state index in [0.717, 1.165) is 18.7 Å². The molecule has 19 heavy (non-hydrogen) atoms. The van der Waals surface area contributed by atoms with Gasteiger partial charge in [0.15, 0.2) is 0 Å². The third-order valence-corrected chi connectivity index (χ3v) is 4.19. The van der Waals surface area contributed by atoms with Crippen molar-refractivity contribution in [2.75, 3.05) is 12.3 Å². The highest BCUT2D eigenvalue weighted by molar-refractivity contribution is 7.99. The van der Waals surface area contributed by atoms with E-state index in [-0.39, 0.29) is 0 Å². The Bertz CT molecular complexity index is 455. The quantitative estimate of drug-likeness (QED) is 0.764. The predicted molar refractivity (Wildman–Crippen MR) is 84.8 cm³/mol. The Morgan fingerprint density at radius 2 is 1.58 bits per heavy atom. The Labute approximate surface area is 120 Å². The maximum absolute atomic E-state index is 3.58. The maximum Gasteiger partial charge on any atom is 0.0201 e. The van der Waals surface area contributed by atoms with Crippen molar-refractivity contribution in [3.63, 3.8) is 0 Å². The first-order chi connectivity index (χ1) is 9.38. The molecular weight excluding hydrogens is 250 g/mol. The fraction of sp³-hybridized carbons (Fsp3) is 0.294. The summed E-state index contributed by atoms with van der Waals surface area (Å²) in [6, 6.07) is 21.9. The van der Waals surface area contributed by atoms with Gasteiger partial charge in [0.1, 0.15) is 0 Å². The summed E-state index contributed by atoms with van der Waals surface area (Å²) < 4.78 is 0. The van der Waals surface area contributed by atoms with Gasteiger partial charge in [-0.1, -0.05) is 55.5 Å². The average Bonchev–Trinajstić information content (AvgIpc) is 2.47. The van der Waals surface area contributed by atoms with Crippen molar-refractivity contribution in [2.45, 2.75) is 24.3 Å². The minimum Gasteiger partial charge on any atom is -0.313 e. The van der Waals surface area contributed by atoms with E-state index < -0.39 is 0 Å². The molecule has 2 aromatic carbocycles. The summed E-state index contributed by atoms with van der Waals surface area (Å²) in [4.78, 5) is 1.35. The molecule has 0 amide bonds. The number of rotatable bonds is 7. The van der Waals surface area contributed by atoms with Gasteiger partial charge in [0.05, 0.1) is 0 Å². The lowest BCUT2D eigenvalue weighted by Crippen LogP contribution is -2.33. The molecule has 100 valence electrons. The molecule has 0 aliphatic rings. The molecule has 2 heteroatoms. The van der Waals surface area contributed by atoms with Crippen molar-refractivity contribution in [3.8, 4) is 0 Å². The minimum absolute atomic E-state index is 0.526. The van der Waals surface area contributed by atoms with Gasteiger partial charge in [0.25, 0.3) is 0 Å². The highest BCUT2D eigenvalue weighted by Gasteiger charge is 2.08. The Morgan fingerprint density at radius 1 is 0.947 bits per heavy atom. The van der Waals surface area contributed by atoms with Gasteiger partial charge in [-0.15, -0.1) is 11.8 Å². The second-order valence-electron chi connectivity index (χ2n) is 4.57. The van der Waals surface area contributed by atoms with Crippen LogP contribution in [0.3, 0.4) is 0 Å². The number of hydrogen-bond acceptors (Lipinski definition) is 2. The monoisotopic (exact) mass is 271 g/mol. The average molecular weight is 271 g/mol. The van der Waals surface area contributed by atoms with Crippen LogP contribution in [0.15, 0.2) is 65.6 Å². The Hall–Kier alpha value is -1.25. The molecule has 0 radical (unpaired) electrons. The van der Waals surface area contributed by atoms with E-state index in [1.807, 2.05) is 11.8 Å². The first-order valence-corrected chi connectivity index (χ1v) is 7.82. The topological polar surface area (TPSA) is 12.0 Å². The van der Waals surface area contributed by atoms with Crippen LogP contribution in [0.2, 0.25) is 0 Å². The summed E-state index contributed by atoms with van der Waals surface area (Å²) in [6.07, 6.45) is 1.09. The number of benzene rings is 2. The number of hydrogen-bond donors (Lipinski definition) is 1. The molecule has 1 N–H and O–H groups in total. The first kappa shape index (κ1) is 14.2. The summed E-state index contributed by atoms with van der Waals surface area (Å²) in [7, 11) is 0. The molecule has 0 fully saturated rings. The van der Waals surface area contributed by atoms with Crippen LogP contribution < -0.4 is 5.32 Å². The standard InChI is InChI=1S/C17H21NS/c1-2-18-16(13-15-9-5-3-6-10-15)14-19-17-11-7-4-8-12-17/h3-12,16,18H,2,13-14H2,1H3. The predicted octanol–water partition coefficient (Wildman–Crippen LogP) is 4.00. The van der Waals surface area contributed by atoms with Gasteiger partial charge in [-0.25, -0.2) is 0 Å². The van der Waals surface area contributed by atoms with Crippen molar-refractivity contribution in [3.05, 3.63) is 66.2 Å². The molecule has 0 aromatic heterocycles. The molecule has 0 spiro atoms. The van der Waals surface area contributed by atoms with Crippen LogP contribution in [0.1, 0.15) is 12.5 Å². The largest absolute Gasteiger partial charge is 0.313 e. The van der Waals surface area contributed by atoms with Crippen molar-refractivity contribution in [1.82, 2.24) is 5.32 Å². The Balaban J connectivity index is 1.89. The van der Waals surface area contributed by atoms with Gasteiger partial charge in [0, 0.05) is 16.7 Å². The maximum atomic E-state index is 3.58. The third kappa shape index (κ3) is 5.09. The van der Waals surface area contributed by atoms with Gasteiger partial charge in [-0.05, 0) is 30.7 Å². The van der Waals surface area contributed by atoms with E-state index in [0.29, 0.717) is 6.04 Å². The second kappa shape index (κ2) is 8.03. The highest BCUT2D eigenvalue weighted by atomic mass is 32.2. The molecular formula is C17H21NS. The lowest BCUT2D eigenvalue weighted by molar-refractivity contribution is 0.572. The van der Waals surface area contributed by atoms with Crippen molar-refractivity contribution >= 4 is 11.8 Å². The molecule has 0 heterocycles. The second-order valence-corrected chi connectivity index (χ2v) is 5.66. The highest BCUT2D eigenvalue weighted by Crippen LogP contribution is 2.19. The van der Waals surface area contributed by atoms with Crippen LogP contribution in [0.5, 0.6) is 0 Å². The summed E-state index contributed by atoms with van der Waals surface area (Å²) in [5.74, 6) is 1.10. The molecule has 2 aromatic rings. The van der Waals surface area contributed by atoms with Crippen LogP contribution in [0, 0.1) is 0 Å². The van der Waals surface area contributed by atoms with Crippen LogP contribution in [0.25, 0.3) is 0 Å². The van der Waals surface area contributed by atoms with Crippen LogP contribution in [-0.2, 0) is 6.42 Å². The normalized spacial score (nSPS) is 12.3. The summed E-state index contributed by atoms with van der Waals surface area (Å²) >= 11 is 1.93. The van der Waals surface area contributed by atoms with E-state index in [1.54, 1.807) is 0 Å². The zero-order valence-corrected chi connectivity index (χ0v) is 12.2. The summed E-state index contributed by atoms with van der Waals surface area (Å²) in [5.41, 5.74) is 1.40. The van der Waals surface area contributed by atoms with Gasteiger partial charge < -0.3 is 5.32 Å². The molecule has 0 saturated carbocycles. The van der Waals surface area contributed by atoms with Gasteiger partial charge in [0.2, 0.25) is 0 Å². The Kier molecular flexibility index (Phi) is 5.99. The number of nitrogens with one attached hydrogen (secondary N) is 1. The summed E-state index contributed by atoms with van der Waals surface area (Å²) in [6.45, 7) is 3.19. The van der Waals surface area contributed by atoms with Gasteiger partial charge in [-0.2, -0.15) is 0 Å². The van der Waals surface area contributed by atoms with Crippen LogP contribution in [0.4, 0.5) is 0 Å². The fourth-order valence-electron chi connectivity index (χ4n) is 2.09. The van der Waals surface area contributed by atoms with E-state index in [2.05, 4.69) is 72.9 Å². The van der Waals surface area contributed by atoms with E-state index in [9.17, 15) is 0 Å². The lowest BCUT2D eigenvalue weighted by Gasteiger charge is -2.17. The van der Waals surface area contributed by atoms with Gasteiger partial charge >= 0.3 is 0 Å². The molecule has 1 atom stereocenters. The fourth-order valence-corrected chi connectivity index (χ4v) is 3.07. The molecule has 2 rings (SSSR count). The third-order valence-electron chi connectivity index (χ3n) is 3.01. The van der Waals surface area contributed by atoms with E-state index >= 15 is 0 Å². The van der Waals surface area contributed by atoms with Crippen LogP contribution >= 0.6 is 11.8 Å². The molecule has 0 bridgehead atoms. The number of likely N-dealkylation sites (N-methyl/N-ethyl adjacent to an activating group) is 1.